The molecule has 1 N–H and O–H groups in total. The molecule has 0 saturated heterocycles. The smallest absolute Gasteiger partial charge is 0.110 e. The van der Waals surface area contributed by atoms with E-state index < -0.39 is 0 Å². The Labute approximate surface area is 93.7 Å². The Kier molecular flexibility index (Phi) is 2.17. The second-order valence-electron chi connectivity index (χ2n) is 4.24. The molecule has 0 aliphatic heterocycles. The Bertz CT molecular complexity index is 483. The van der Waals surface area contributed by atoms with E-state index in [1.165, 1.54) is 25.7 Å². The lowest BCUT2D eigenvalue weighted by Crippen LogP contribution is -1.93. The van der Waals surface area contributed by atoms with Crippen LogP contribution in [-0.4, -0.2) is 9.97 Å². The molecule has 1 fully saturated rings. The van der Waals surface area contributed by atoms with E-state index in [1.54, 1.807) is 0 Å². The number of hydrogen-bond acceptors (Lipinski definition) is 1. The van der Waals surface area contributed by atoms with Gasteiger partial charge in [0, 0.05) is 5.92 Å². The van der Waals surface area contributed by atoms with Crippen molar-refractivity contribution in [1.29, 1.82) is 0 Å². The van der Waals surface area contributed by atoms with E-state index in [2.05, 4.69) is 9.97 Å². The number of hydrogen-bond donors (Lipinski definition) is 1. The molecule has 1 saturated carbocycles. The number of aromatic amines is 1. The van der Waals surface area contributed by atoms with Crippen molar-refractivity contribution in [1.82, 2.24) is 9.97 Å². The number of para-hydroxylation sites is 1. The van der Waals surface area contributed by atoms with Crippen LogP contribution in [0.15, 0.2) is 18.2 Å². The monoisotopic (exact) mass is 220 g/mol. The maximum Gasteiger partial charge on any atom is 0.110 e. The standard InChI is InChI=1S/C12H13ClN2/c13-9-6-3-7-10-11(9)15-12(14-10)8-4-1-2-5-8/h3,6-8H,1-2,4-5H2,(H,14,15). The van der Waals surface area contributed by atoms with Gasteiger partial charge < -0.3 is 4.98 Å². The Balaban J connectivity index is 2.09. The summed E-state index contributed by atoms with van der Waals surface area (Å²) in [5.41, 5.74) is 1.98. The van der Waals surface area contributed by atoms with Gasteiger partial charge >= 0.3 is 0 Å². The number of halogens is 1. The average Bonchev–Trinajstić information content (AvgIpc) is 2.86. The number of aromatic nitrogens is 2. The normalized spacial score (nSPS) is 17.7. The van der Waals surface area contributed by atoms with Gasteiger partial charge in [-0.1, -0.05) is 30.5 Å². The van der Waals surface area contributed by atoms with Crippen molar-refractivity contribution in [3.8, 4) is 0 Å². The van der Waals surface area contributed by atoms with Crippen LogP contribution in [0.4, 0.5) is 0 Å². The highest BCUT2D eigenvalue weighted by atomic mass is 35.5. The minimum Gasteiger partial charge on any atom is -0.342 e. The van der Waals surface area contributed by atoms with Crippen LogP contribution in [0, 0.1) is 0 Å². The maximum absolute atomic E-state index is 6.09. The van der Waals surface area contributed by atoms with Crippen molar-refractivity contribution in [2.24, 2.45) is 0 Å². The molecule has 1 aliphatic carbocycles. The van der Waals surface area contributed by atoms with Crippen LogP contribution in [0.1, 0.15) is 37.4 Å². The van der Waals surface area contributed by atoms with Crippen LogP contribution in [-0.2, 0) is 0 Å². The van der Waals surface area contributed by atoms with Gasteiger partial charge in [0.15, 0.2) is 0 Å². The first-order chi connectivity index (χ1) is 7.34. The van der Waals surface area contributed by atoms with Gasteiger partial charge in [0.05, 0.1) is 10.5 Å². The van der Waals surface area contributed by atoms with Crippen LogP contribution in [0.25, 0.3) is 11.0 Å². The summed E-state index contributed by atoms with van der Waals surface area (Å²) in [5.74, 6) is 1.74. The molecule has 1 aromatic heterocycles. The van der Waals surface area contributed by atoms with Gasteiger partial charge in [0.1, 0.15) is 11.3 Å². The summed E-state index contributed by atoms with van der Waals surface area (Å²) in [7, 11) is 0. The summed E-state index contributed by atoms with van der Waals surface area (Å²) in [6, 6.07) is 5.89. The van der Waals surface area contributed by atoms with Gasteiger partial charge in [-0.15, -0.1) is 0 Å². The van der Waals surface area contributed by atoms with Crippen molar-refractivity contribution in [3.63, 3.8) is 0 Å². The first-order valence-corrected chi connectivity index (χ1v) is 5.86. The number of benzene rings is 1. The highest BCUT2D eigenvalue weighted by Gasteiger charge is 2.20. The Hall–Kier alpha value is -1.02. The van der Waals surface area contributed by atoms with Gasteiger partial charge in [-0.2, -0.15) is 0 Å². The van der Waals surface area contributed by atoms with Crippen molar-refractivity contribution in [2.75, 3.05) is 0 Å². The zero-order valence-corrected chi connectivity index (χ0v) is 9.22. The van der Waals surface area contributed by atoms with E-state index in [9.17, 15) is 0 Å². The second-order valence-corrected chi connectivity index (χ2v) is 4.65. The van der Waals surface area contributed by atoms with Crippen molar-refractivity contribution in [3.05, 3.63) is 29.0 Å². The number of nitrogens with zero attached hydrogens (tertiary/aromatic N) is 1. The van der Waals surface area contributed by atoms with Crippen molar-refractivity contribution in [2.45, 2.75) is 31.6 Å². The van der Waals surface area contributed by atoms with E-state index in [1.807, 2.05) is 18.2 Å². The molecule has 0 bridgehead atoms. The third-order valence-corrected chi connectivity index (χ3v) is 3.53. The minimum absolute atomic E-state index is 0.619. The number of nitrogens with one attached hydrogen (secondary N) is 1. The first kappa shape index (κ1) is 9.22. The van der Waals surface area contributed by atoms with Gasteiger partial charge in [0.25, 0.3) is 0 Å². The Morgan fingerprint density at radius 2 is 2.07 bits per heavy atom. The predicted octanol–water partition coefficient (Wildman–Crippen LogP) is 3.87. The van der Waals surface area contributed by atoms with Crippen molar-refractivity contribution < 1.29 is 0 Å². The molecule has 3 rings (SSSR count). The summed E-state index contributed by atoms with van der Waals surface area (Å²) in [6.07, 6.45) is 5.18. The predicted molar refractivity (Wildman–Crippen MR) is 62.3 cm³/mol. The molecule has 1 heterocycles. The number of imidazole rings is 1. The summed E-state index contributed by atoms with van der Waals surface area (Å²) >= 11 is 6.09. The molecule has 15 heavy (non-hydrogen) atoms. The van der Waals surface area contributed by atoms with Gasteiger partial charge in [-0.3, -0.25) is 0 Å². The number of rotatable bonds is 1. The topological polar surface area (TPSA) is 28.7 Å². The van der Waals surface area contributed by atoms with E-state index in [4.69, 9.17) is 11.6 Å². The SMILES string of the molecule is Clc1cccc2[nH]c(C3CCCC3)nc12. The number of H-pyrrole nitrogens is 1. The van der Waals surface area contributed by atoms with E-state index in [0.717, 1.165) is 21.9 Å². The highest BCUT2D eigenvalue weighted by molar-refractivity contribution is 6.34. The molecule has 2 aromatic rings. The molecule has 0 spiro atoms. The van der Waals surface area contributed by atoms with E-state index in [0.29, 0.717) is 5.92 Å². The van der Waals surface area contributed by atoms with Crippen molar-refractivity contribution >= 4 is 22.6 Å². The third kappa shape index (κ3) is 1.53. The van der Waals surface area contributed by atoms with Gasteiger partial charge in [-0.05, 0) is 25.0 Å². The van der Waals surface area contributed by atoms with Crippen LogP contribution >= 0.6 is 11.6 Å². The fourth-order valence-corrected chi connectivity index (χ4v) is 2.63. The first-order valence-electron chi connectivity index (χ1n) is 5.49. The molecule has 0 unspecified atom stereocenters. The van der Waals surface area contributed by atoms with Crippen LogP contribution in [0.2, 0.25) is 5.02 Å². The zero-order valence-electron chi connectivity index (χ0n) is 8.46. The molecular formula is C12H13ClN2. The quantitative estimate of drug-likeness (QED) is 0.777. The lowest BCUT2D eigenvalue weighted by Gasteiger charge is -2.02. The summed E-state index contributed by atoms with van der Waals surface area (Å²) in [5, 5.41) is 0.744. The average molecular weight is 221 g/mol. The number of fused-ring (bicyclic) bond motifs is 1. The largest absolute Gasteiger partial charge is 0.342 e. The van der Waals surface area contributed by atoms with Gasteiger partial charge in [0.2, 0.25) is 0 Å². The van der Waals surface area contributed by atoms with Crippen LogP contribution < -0.4 is 0 Å². The molecule has 1 aromatic carbocycles. The van der Waals surface area contributed by atoms with E-state index >= 15 is 0 Å². The molecule has 3 heteroatoms. The minimum atomic E-state index is 0.619. The summed E-state index contributed by atoms with van der Waals surface area (Å²) in [4.78, 5) is 7.99. The molecule has 2 nitrogen and oxygen atoms in total. The fraction of sp³-hybridized carbons (Fsp3) is 0.417. The van der Waals surface area contributed by atoms with Gasteiger partial charge in [-0.25, -0.2) is 4.98 Å². The molecule has 1 aliphatic rings. The molecular weight excluding hydrogens is 208 g/mol. The Morgan fingerprint density at radius 3 is 2.80 bits per heavy atom. The Morgan fingerprint density at radius 1 is 1.27 bits per heavy atom. The summed E-state index contributed by atoms with van der Waals surface area (Å²) in [6.45, 7) is 0. The van der Waals surface area contributed by atoms with E-state index in [-0.39, 0.29) is 0 Å². The fourth-order valence-electron chi connectivity index (χ4n) is 2.41. The lowest BCUT2D eigenvalue weighted by molar-refractivity contribution is 0.681. The van der Waals surface area contributed by atoms with Crippen LogP contribution in [0.3, 0.4) is 0 Å². The summed E-state index contributed by atoms with van der Waals surface area (Å²) < 4.78 is 0. The maximum atomic E-state index is 6.09. The van der Waals surface area contributed by atoms with Crippen LogP contribution in [0.5, 0.6) is 0 Å². The second kappa shape index (κ2) is 3.53. The molecule has 0 radical (unpaired) electrons. The third-order valence-electron chi connectivity index (χ3n) is 3.22. The zero-order chi connectivity index (χ0) is 10.3. The molecule has 0 amide bonds. The molecule has 78 valence electrons. The lowest BCUT2D eigenvalue weighted by atomic mass is 10.1. The molecule has 0 atom stereocenters. The highest BCUT2D eigenvalue weighted by Crippen LogP contribution is 2.34.